The first kappa shape index (κ1) is 15.1. The molecule has 0 aliphatic carbocycles. The maximum atomic E-state index is 10.6. The van der Waals surface area contributed by atoms with Gasteiger partial charge in [0.1, 0.15) is 0 Å². The molecule has 2 aliphatic rings. The Bertz CT molecular complexity index is 288. The van der Waals surface area contributed by atoms with Gasteiger partial charge in [0.2, 0.25) is 5.91 Å². The number of carbonyl (C=O) groups is 1. The standard InChI is InChI=1S/C14H26N2O2S/c15-13(17)3-1-2-7-16-12-4-8-18-14(11-12)5-9-19-10-6-14/h12,16H,1-11H2,(H2,15,17). The quantitative estimate of drug-likeness (QED) is 0.729. The van der Waals surface area contributed by atoms with E-state index in [9.17, 15) is 4.79 Å². The van der Waals surface area contributed by atoms with E-state index in [-0.39, 0.29) is 11.5 Å². The molecule has 0 bridgehead atoms. The van der Waals surface area contributed by atoms with Crippen molar-refractivity contribution in [1.82, 2.24) is 5.32 Å². The number of thioether (sulfide) groups is 1. The molecule has 4 nitrogen and oxygen atoms in total. The van der Waals surface area contributed by atoms with Crippen LogP contribution in [0, 0.1) is 0 Å². The third-order valence-corrected chi connectivity index (χ3v) is 5.17. The Labute approximate surface area is 120 Å². The molecular weight excluding hydrogens is 260 g/mol. The van der Waals surface area contributed by atoms with Gasteiger partial charge in [-0.15, -0.1) is 0 Å². The predicted octanol–water partition coefficient (Wildman–Crippen LogP) is 1.68. The molecular formula is C14H26N2O2S. The number of primary amides is 1. The zero-order chi connectivity index (χ0) is 13.6. The second kappa shape index (κ2) is 7.50. The van der Waals surface area contributed by atoms with E-state index >= 15 is 0 Å². The number of unbranched alkanes of at least 4 members (excludes halogenated alkanes) is 1. The highest BCUT2D eigenvalue weighted by atomic mass is 32.2. The molecule has 0 aromatic heterocycles. The Balaban J connectivity index is 1.65. The zero-order valence-electron chi connectivity index (χ0n) is 11.7. The van der Waals surface area contributed by atoms with Gasteiger partial charge in [-0.1, -0.05) is 0 Å². The van der Waals surface area contributed by atoms with Crippen molar-refractivity contribution in [2.45, 2.75) is 56.6 Å². The van der Waals surface area contributed by atoms with Crippen molar-refractivity contribution < 1.29 is 9.53 Å². The Morgan fingerprint density at radius 2 is 2.16 bits per heavy atom. The number of hydrogen-bond donors (Lipinski definition) is 2. The fourth-order valence-corrected chi connectivity index (χ4v) is 4.26. The smallest absolute Gasteiger partial charge is 0.217 e. The van der Waals surface area contributed by atoms with E-state index in [0.717, 1.165) is 38.8 Å². The van der Waals surface area contributed by atoms with Crippen molar-refractivity contribution in [2.75, 3.05) is 24.7 Å². The van der Waals surface area contributed by atoms with Crippen molar-refractivity contribution in [3.63, 3.8) is 0 Å². The molecule has 2 aliphatic heterocycles. The zero-order valence-corrected chi connectivity index (χ0v) is 12.5. The third-order valence-electron chi connectivity index (χ3n) is 4.18. The van der Waals surface area contributed by atoms with Gasteiger partial charge >= 0.3 is 0 Å². The topological polar surface area (TPSA) is 64.4 Å². The van der Waals surface area contributed by atoms with Crippen LogP contribution < -0.4 is 11.1 Å². The minimum atomic E-state index is -0.190. The maximum Gasteiger partial charge on any atom is 0.217 e. The van der Waals surface area contributed by atoms with Gasteiger partial charge in [-0.2, -0.15) is 11.8 Å². The predicted molar refractivity (Wildman–Crippen MR) is 79.3 cm³/mol. The summed E-state index contributed by atoms with van der Waals surface area (Å²) in [5.74, 6) is 2.29. The van der Waals surface area contributed by atoms with Crippen LogP contribution in [0.2, 0.25) is 0 Å². The molecule has 19 heavy (non-hydrogen) atoms. The van der Waals surface area contributed by atoms with E-state index < -0.39 is 0 Å². The largest absolute Gasteiger partial charge is 0.375 e. The Morgan fingerprint density at radius 3 is 2.89 bits per heavy atom. The number of carbonyl (C=O) groups excluding carboxylic acids is 1. The van der Waals surface area contributed by atoms with Crippen molar-refractivity contribution >= 4 is 17.7 Å². The van der Waals surface area contributed by atoms with Gasteiger partial charge < -0.3 is 15.8 Å². The second-order valence-corrected chi connectivity index (χ2v) is 6.94. The molecule has 0 aromatic carbocycles. The van der Waals surface area contributed by atoms with Gasteiger partial charge in [-0.05, 0) is 56.6 Å². The minimum Gasteiger partial charge on any atom is -0.375 e. The van der Waals surface area contributed by atoms with Crippen LogP contribution in [-0.4, -0.2) is 42.2 Å². The Kier molecular flexibility index (Phi) is 5.98. The molecule has 1 amide bonds. The molecule has 1 unspecified atom stereocenters. The molecule has 2 rings (SSSR count). The first-order valence-corrected chi connectivity index (χ1v) is 8.59. The summed E-state index contributed by atoms with van der Waals surface area (Å²) >= 11 is 2.05. The lowest BCUT2D eigenvalue weighted by Crippen LogP contribution is -2.49. The highest BCUT2D eigenvalue weighted by Gasteiger charge is 2.38. The van der Waals surface area contributed by atoms with E-state index in [1.165, 1.54) is 24.3 Å². The van der Waals surface area contributed by atoms with Crippen molar-refractivity contribution in [3.8, 4) is 0 Å². The molecule has 2 saturated heterocycles. The highest BCUT2D eigenvalue weighted by Crippen LogP contribution is 2.37. The summed E-state index contributed by atoms with van der Waals surface area (Å²) in [4.78, 5) is 10.6. The summed E-state index contributed by atoms with van der Waals surface area (Å²) in [6.07, 6.45) is 7.12. The van der Waals surface area contributed by atoms with Crippen LogP contribution in [0.4, 0.5) is 0 Å². The molecule has 5 heteroatoms. The number of nitrogens with one attached hydrogen (secondary N) is 1. The van der Waals surface area contributed by atoms with Crippen LogP contribution in [0.1, 0.15) is 44.9 Å². The molecule has 0 saturated carbocycles. The molecule has 0 radical (unpaired) electrons. The van der Waals surface area contributed by atoms with Crippen LogP contribution >= 0.6 is 11.8 Å². The average Bonchev–Trinajstić information content (AvgIpc) is 2.39. The minimum absolute atomic E-state index is 0.161. The molecule has 1 atom stereocenters. The molecule has 110 valence electrons. The fourth-order valence-electron chi connectivity index (χ4n) is 3.02. The highest BCUT2D eigenvalue weighted by molar-refractivity contribution is 7.99. The lowest BCUT2D eigenvalue weighted by molar-refractivity contribution is -0.118. The van der Waals surface area contributed by atoms with Crippen molar-refractivity contribution in [1.29, 1.82) is 0 Å². The maximum absolute atomic E-state index is 10.6. The lowest BCUT2D eigenvalue weighted by Gasteiger charge is -2.43. The molecule has 2 fully saturated rings. The van der Waals surface area contributed by atoms with Crippen LogP contribution in [0.25, 0.3) is 0 Å². The van der Waals surface area contributed by atoms with E-state index in [0.29, 0.717) is 12.5 Å². The first-order valence-electron chi connectivity index (χ1n) is 7.44. The van der Waals surface area contributed by atoms with Crippen LogP contribution in [0.3, 0.4) is 0 Å². The van der Waals surface area contributed by atoms with Gasteiger partial charge in [0.05, 0.1) is 5.60 Å². The van der Waals surface area contributed by atoms with Gasteiger partial charge in [-0.25, -0.2) is 0 Å². The lowest BCUT2D eigenvalue weighted by atomic mass is 9.85. The van der Waals surface area contributed by atoms with E-state index in [4.69, 9.17) is 10.5 Å². The average molecular weight is 286 g/mol. The molecule has 2 heterocycles. The van der Waals surface area contributed by atoms with Crippen LogP contribution in [-0.2, 0) is 9.53 Å². The molecule has 0 aromatic rings. The van der Waals surface area contributed by atoms with E-state index in [1.807, 2.05) is 11.8 Å². The second-order valence-electron chi connectivity index (χ2n) is 5.71. The van der Waals surface area contributed by atoms with Gasteiger partial charge in [0.15, 0.2) is 0 Å². The third kappa shape index (κ3) is 4.97. The number of rotatable bonds is 6. The van der Waals surface area contributed by atoms with Gasteiger partial charge in [0, 0.05) is 19.1 Å². The summed E-state index contributed by atoms with van der Waals surface area (Å²) in [5.41, 5.74) is 5.29. The monoisotopic (exact) mass is 286 g/mol. The van der Waals surface area contributed by atoms with Crippen LogP contribution in [0.5, 0.6) is 0 Å². The normalized spacial score (nSPS) is 26.4. The number of nitrogens with two attached hydrogens (primary N) is 1. The SMILES string of the molecule is NC(=O)CCCCNC1CCOC2(CCSCC2)C1. The summed E-state index contributed by atoms with van der Waals surface area (Å²) in [7, 11) is 0. The van der Waals surface area contributed by atoms with Crippen LogP contribution in [0.15, 0.2) is 0 Å². The number of hydrogen-bond acceptors (Lipinski definition) is 4. The summed E-state index contributed by atoms with van der Waals surface area (Å²) < 4.78 is 6.08. The van der Waals surface area contributed by atoms with Gasteiger partial charge in [0.25, 0.3) is 0 Å². The Morgan fingerprint density at radius 1 is 1.37 bits per heavy atom. The van der Waals surface area contributed by atoms with Crippen molar-refractivity contribution in [2.24, 2.45) is 5.73 Å². The van der Waals surface area contributed by atoms with Gasteiger partial charge in [-0.3, -0.25) is 4.79 Å². The molecule has 3 N–H and O–H groups in total. The van der Waals surface area contributed by atoms with E-state index in [1.54, 1.807) is 0 Å². The summed E-state index contributed by atoms with van der Waals surface area (Å²) in [5, 5.41) is 3.63. The summed E-state index contributed by atoms with van der Waals surface area (Å²) in [6.45, 7) is 1.88. The number of ether oxygens (including phenoxy) is 1. The van der Waals surface area contributed by atoms with E-state index in [2.05, 4.69) is 5.32 Å². The fraction of sp³-hybridized carbons (Fsp3) is 0.929. The number of amides is 1. The van der Waals surface area contributed by atoms with Crippen molar-refractivity contribution in [3.05, 3.63) is 0 Å². The Hall–Kier alpha value is -0.260. The summed E-state index contributed by atoms with van der Waals surface area (Å²) in [6, 6.07) is 0.588. The first-order chi connectivity index (χ1) is 9.20. The molecule has 1 spiro atoms.